The van der Waals surface area contributed by atoms with Gasteiger partial charge in [-0.1, -0.05) is 15.9 Å². The first kappa shape index (κ1) is 15.8. The Kier molecular flexibility index (Phi) is 5.65. The molecule has 1 rings (SSSR count). The normalized spacial score (nSPS) is 11.4. The van der Waals surface area contributed by atoms with Crippen molar-refractivity contribution < 1.29 is 18.0 Å². The summed E-state index contributed by atoms with van der Waals surface area (Å²) in [5.41, 5.74) is 6.29. The summed E-state index contributed by atoms with van der Waals surface area (Å²) in [6.07, 6.45) is -4.70. The van der Waals surface area contributed by atoms with Crippen molar-refractivity contribution in [2.75, 3.05) is 12.3 Å². The van der Waals surface area contributed by atoms with Gasteiger partial charge in [-0.05, 0) is 31.0 Å². The Bertz CT molecular complexity index is 449. The third-order valence-electron chi connectivity index (χ3n) is 2.43. The minimum Gasteiger partial charge on any atom is -0.398 e. The van der Waals surface area contributed by atoms with E-state index in [-0.39, 0.29) is 25.3 Å². The summed E-state index contributed by atoms with van der Waals surface area (Å²) in [6.45, 7) is 0.195. The monoisotopic (exact) mass is 338 g/mol. The molecule has 0 spiro atoms. The first-order valence-corrected chi connectivity index (χ1v) is 6.49. The number of hydrogen-bond donors (Lipinski definition) is 2. The summed E-state index contributed by atoms with van der Waals surface area (Å²) in [5, 5.41) is 2.55. The molecule has 0 bridgehead atoms. The third kappa shape index (κ3) is 5.96. The lowest BCUT2D eigenvalue weighted by Crippen LogP contribution is -2.25. The van der Waals surface area contributed by atoms with Gasteiger partial charge in [-0.25, -0.2) is 0 Å². The minimum atomic E-state index is -4.14. The molecule has 0 aliphatic rings. The molecule has 0 aliphatic heterocycles. The van der Waals surface area contributed by atoms with Crippen molar-refractivity contribution in [3.8, 4) is 0 Å². The number of halogens is 4. The maximum absolute atomic E-state index is 11.9. The quantitative estimate of drug-likeness (QED) is 0.637. The van der Waals surface area contributed by atoms with Crippen molar-refractivity contribution in [2.24, 2.45) is 0 Å². The van der Waals surface area contributed by atoms with Gasteiger partial charge >= 0.3 is 6.18 Å². The highest BCUT2D eigenvalue weighted by molar-refractivity contribution is 9.10. The highest BCUT2D eigenvalue weighted by Gasteiger charge is 2.25. The fraction of sp³-hybridized carbons (Fsp3) is 0.417. The van der Waals surface area contributed by atoms with E-state index in [1.165, 1.54) is 0 Å². The first-order chi connectivity index (χ1) is 8.79. The van der Waals surface area contributed by atoms with E-state index >= 15 is 0 Å². The Morgan fingerprint density at radius 1 is 1.32 bits per heavy atom. The molecule has 0 saturated heterocycles. The maximum Gasteiger partial charge on any atom is 0.389 e. The van der Waals surface area contributed by atoms with E-state index in [9.17, 15) is 18.0 Å². The van der Waals surface area contributed by atoms with Gasteiger partial charge in [0.05, 0.1) is 5.56 Å². The molecule has 0 heterocycles. The van der Waals surface area contributed by atoms with Gasteiger partial charge in [-0.15, -0.1) is 0 Å². The smallest absolute Gasteiger partial charge is 0.389 e. The van der Waals surface area contributed by atoms with Gasteiger partial charge in [-0.3, -0.25) is 4.79 Å². The summed E-state index contributed by atoms with van der Waals surface area (Å²) in [6, 6.07) is 4.86. The largest absolute Gasteiger partial charge is 0.398 e. The van der Waals surface area contributed by atoms with Gasteiger partial charge < -0.3 is 11.1 Å². The summed E-state index contributed by atoms with van der Waals surface area (Å²) in [7, 11) is 0. The summed E-state index contributed by atoms with van der Waals surface area (Å²) < 4.78 is 36.4. The van der Waals surface area contributed by atoms with Gasteiger partial charge in [0.25, 0.3) is 5.91 Å². The van der Waals surface area contributed by atoms with Crippen molar-refractivity contribution >= 4 is 27.5 Å². The first-order valence-electron chi connectivity index (χ1n) is 5.69. The second kappa shape index (κ2) is 6.79. The number of alkyl halides is 3. The van der Waals surface area contributed by atoms with E-state index in [4.69, 9.17) is 5.73 Å². The van der Waals surface area contributed by atoms with Crippen LogP contribution >= 0.6 is 15.9 Å². The second-order valence-electron chi connectivity index (χ2n) is 4.06. The number of nitrogens with two attached hydrogens (primary N) is 1. The summed E-state index contributed by atoms with van der Waals surface area (Å²) in [5.74, 6) is -0.384. The number of benzene rings is 1. The molecule has 1 aromatic carbocycles. The highest BCUT2D eigenvalue weighted by atomic mass is 79.9. The molecule has 0 unspecified atom stereocenters. The molecular formula is C12H14BrF3N2O. The molecule has 1 aromatic rings. The van der Waals surface area contributed by atoms with Crippen molar-refractivity contribution in [3.05, 3.63) is 28.2 Å². The van der Waals surface area contributed by atoms with Crippen LogP contribution in [0.3, 0.4) is 0 Å². The standard InChI is InChI=1S/C12H14BrF3N2O/c13-8-3-4-10(17)9(7-8)11(19)18-6-2-1-5-12(14,15)16/h3-4,7H,1-2,5-6,17H2,(H,18,19). The molecule has 3 N–H and O–H groups in total. The van der Waals surface area contributed by atoms with Crippen molar-refractivity contribution in [1.29, 1.82) is 0 Å². The Morgan fingerprint density at radius 2 is 2.00 bits per heavy atom. The van der Waals surface area contributed by atoms with Gasteiger partial charge in [0.1, 0.15) is 0 Å². The van der Waals surface area contributed by atoms with E-state index in [1.54, 1.807) is 18.2 Å². The molecule has 0 saturated carbocycles. The predicted octanol–water partition coefficient (Wildman–Crippen LogP) is 3.49. The van der Waals surface area contributed by atoms with Crippen LogP contribution < -0.4 is 11.1 Å². The second-order valence-corrected chi connectivity index (χ2v) is 4.98. The van der Waals surface area contributed by atoms with E-state index in [1.807, 2.05) is 0 Å². The van der Waals surface area contributed by atoms with Crippen LogP contribution in [0.2, 0.25) is 0 Å². The number of carbonyl (C=O) groups excluding carboxylic acids is 1. The van der Waals surface area contributed by atoms with E-state index in [0.29, 0.717) is 15.7 Å². The van der Waals surface area contributed by atoms with Crippen molar-refractivity contribution in [1.82, 2.24) is 5.32 Å². The van der Waals surface area contributed by atoms with Crippen LogP contribution in [0.5, 0.6) is 0 Å². The number of amides is 1. The van der Waals surface area contributed by atoms with E-state index < -0.39 is 12.6 Å². The summed E-state index contributed by atoms with van der Waals surface area (Å²) >= 11 is 3.22. The molecule has 0 aliphatic carbocycles. The molecule has 106 valence electrons. The van der Waals surface area contributed by atoms with E-state index in [0.717, 1.165) is 0 Å². The number of unbranched alkanes of at least 4 members (excludes halogenated alkanes) is 1. The lowest BCUT2D eigenvalue weighted by atomic mass is 10.1. The van der Waals surface area contributed by atoms with E-state index in [2.05, 4.69) is 21.2 Å². The molecule has 0 atom stereocenters. The minimum absolute atomic E-state index is 0.00224. The number of hydrogen-bond acceptors (Lipinski definition) is 2. The highest BCUT2D eigenvalue weighted by Crippen LogP contribution is 2.22. The number of anilines is 1. The Morgan fingerprint density at radius 3 is 2.63 bits per heavy atom. The zero-order valence-corrected chi connectivity index (χ0v) is 11.6. The molecular weight excluding hydrogens is 325 g/mol. The molecule has 19 heavy (non-hydrogen) atoms. The lowest BCUT2D eigenvalue weighted by Gasteiger charge is -2.09. The zero-order valence-electron chi connectivity index (χ0n) is 10.1. The molecule has 0 aromatic heterocycles. The number of rotatable bonds is 5. The van der Waals surface area contributed by atoms with Crippen LogP contribution in [0.4, 0.5) is 18.9 Å². The van der Waals surface area contributed by atoms with Crippen LogP contribution in [0, 0.1) is 0 Å². The van der Waals surface area contributed by atoms with Gasteiger partial charge in [-0.2, -0.15) is 13.2 Å². The Labute approximate surface area is 117 Å². The maximum atomic E-state index is 11.9. The van der Waals surface area contributed by atoms with Gasteiger partial charge in [0, 0.05) is 23.1 Å². The number of carbonyl (C=O) groups is 1. The Balaban J connectivity index is 2.38. The molecule has 7 heteroatoms. The van der Waals surface area contributed by atoms with Crippen LogP contribution in [-0.2, 0) is 0 Å². The zero-order chi connectivity index (χ0) is 14.5. The lowest BCUT2D eigenvalue weighted by molar-refractivity contribution is -0.135. The molecule has 3 nitrogen and oxygen atoms in total. The number of nitrogen functional groups attached to an aromatic ring is 1. The van der Waals surface area contributed by atoms with Crippen LogP contribution in [0.1, 0.15) is 29.6 Å². The van der Waals surface area contributed by atoms with Crippen molar-refractivity contribution in [3.63, 3.8) is 0 Å². The molecule has 1 amide bonds. The van der Waals surface area contributed by atoms with Crippen molar-refractivity contribution in [2.45, 2.75) is 25.4 Å². The molecule has 0 fully saturated rings. The number of nitrogens with one attached hydrogen (secondary N) is 1. The van der Waals surface area contributed by atoms with Gasteiger partial charge in [0.2, 0.25) is 0 Å². The molecule has 0 radical (unpaired) electrons. The van der Waals surface area contributed by atoms with Crippen LogP contribution in [0.15, 0.2) is 22.7 Å². The van der Waals surface area contributed by atoms with Crippen LogP contribution in [0.25, 0.3) is 0 Å². The van der Waals surface area contributed by atoms with Gasteiger partial charge in [0.15, 0.2) is 0 Å². The summed E-state index contributed by atoms with van der Waals surface area (Å²) in [4.78, 5) is 11.7. The topological polar surface area (TPSA) is 55.1 Å². The average Bonchev–Trinajstić information content (AvgIpc) is 2.30. The SMILES string of the molecule is Nc1ccc(Br)cc1C(=O)NCCCCC(F)(F)F. The predicted molar refractivity (Wildman–Crippen MR) is 70.8 cm³/mol. The fourth-order valence-corrected chi connectivity index (χ4v) is 1.83. The fourth-order valence-electron chi connectivity index (χ4n) is 1.47. The average molecular weight is 339 g/mol. The third-order valence-corrected chi connectivity index (χ3v) is 2.93. The van der Waals surface area contributed by atoms with Crippen LogP contribution in [-0.4, -0.2) is 18.6 Å². The Hall–Kier alpha value is -1.24.